The number of nitrogens with one attached hydrogen (secondary N) is 1. The van der Waals surface area contributed by atoms with Gasteiger partial charge in [-0.3, -0.25) is 4.90 Å². The Bertz CT molecular complexity index is 425. The van der Waals surface area contributed by atoms with Crippen molar-refractivity contribution in [3.63, 3.8) is 0 Å². The van der Waals surface area contributed by atoms with Crippen LogP contribution in [0.5, 0.6) is 0 Å². The van der Waals surface area contributed by atoms with Crippen molar-refractivity contribution >= 4 is 17.4 Å². The Kier molecular flexibility index (Phi) is 4.07. The molecule has 6 heteroatoms. The minimum atomic E-state index is -0.117. The summed E-state index contributed by atoms with van der Waals surface area (Å²) in [5.74, 6) is 5.98. The summed E-state index contributed by atoms with van der Waals surface area (Å²) in [4.78, 5) is 6.67. The molecule has 0 unspecified atom stereocenters. The molecular weight excluding hydrogens is 252 g/mol. The fourth-order valence-electron chi connectivity index (χ4n) is 2.14. The predicted octanol–water partition coefficient (Wildman–Crippen LogP) is 1.63. The molecule has 2 heterocycles. The maximum atomic E-state index is 6.15. The van der Waals surface area contributed by atoms with E-state index in [1.54, 1.807) is 6.07 Å². The molecule has 5 nitrogen and oxygen atoms in total. The minimum absolute atomic E-state index is 0.117. The summed E-state index contributed by atoms with van der Waals surface area (Å²) in [6, 6.07) is 3.57. The molecule has 1 aromatic heterocycles. The number of hydrogen-bond acceptors (Lipinski definition) is 5. The van der Waals surface area contributed by atoms with Gasteiger partial charge in [0.2, 0.25) is 0 Å². The lowest BCUT2D eigenvalue weighted by Crippen LogP contribution is -2.47. The maximum absolute atomic E-state index is 6.15. The highest BCUT2D eigenvalue weighted by Crippen LogP contribution is 2.22. The van der Waals surface area contributed by atoms with Gasteiger partial charge in [0.25, 0.3) is 0 Å². The number of hydrazine groups is 1. The van der Waals surface area contributed by atoms with Gasteiger partial charge in [0.05, 0.1) is 22.9 Å². The summed E-state index contributed by atoms with van der Waals surface area (Å²) >= 11 is 6.15. The molecule has 100 valence electrons. The van der Waals surface area contributed by atoms with Gasteiger partial charge in [-0.25, -0.2) is 10.8 Å². The molecule has 0 saturated carbocycles. The van der Waals surface area contributed by atoms with Gasteiger partial charge in [-0.05, 0) is 26.0 Å². The maximum Gasteiger partial charge on any atom is 0.140 e. The molecule has 0 aromatic carbocycles. The highest BCUT2D eigenvalue weighted by molar-refractivity contribution is 6.31. The van der Waals surface area contributed by atoms with Gasteiger partial charge < -0.3 is 10.2 Å². The van der Waals surface area contributed by atoms with Crippen LogP contribution in [0.25, 0.3) is 0 Å². The van der Waals surface area contributed by atoms with Gasteiger partial charge in [0.15, 0.2) is 0 Å². The monoisotopic (exact) mass is 270 g/mol. The first-order chi connectivity index (χ1) is 8.50. The molecular formula is C12H19ClN4O. The van der Waals surface area contributed by atoms with Crippen molar-refractivity contribution in [1.82, 2.24) is 9.88 Å². The van der Waals surface area contributed by atoms with Gasteiger partial charge in [0, 0.05) is 19.6 Å². The molecule has 1 fully saturated rings. The van der Waals surface area contributed by atoms with Crippen molar-refractivity contribution in [3.05, 3.63) is 22.8 Å². The van der Waals surface area contributed by atoms with E-state index in [4.69, 9.17) is 22.2 Å². The van der Waals surface area contributed by atoms with Gasteiger partial charge in [-0.2, -0.15) is 0 Å². The first-order valence-corrected chi connectivity index (χ1v) is 6.36. The number of rotatable bonds is 3. The fraction of sp³-hybridized carbons (Fsp3) is 0.583. The van der Waals surface area contributed by atoms with Gasteiger partial charge in [-0.1, -0.05) is 11.6 Å². The van der Waals surface area contributed by atoms with Crippen LogP contribution in [0.2, 0.25) is 5.02 Å². The lowest BCUT2D eigenvalue weighted by atomic mass is 10.1. The largest absolute Gasteiger partial charge is 0.373 e. The lowest BCUT2D eigenvalue weighted by Gasteiger charge is -2.38. The van der Waals surface area contributed by atoms with Crippen LogP contribution in [0.15, 0.2) is 12.1 Å². The number of anilines is 1. The van der Waals surface area contributed by atoms with Crippen LogP contribution in [0.1, 0.15) is 19.5 Å². The molecule has 0 spiro atoms. The van der Waals surface area contributed by atoms with Crippen LogP contribution in [-0.4, -0.2) is 35.2 Å². The van der Waals surface area contributed by atoms with E-state index < -0.39 is 0 Å². The Labute approximate surface area is 112 Å². The number of nitrogens with two attached hydrogens (primary N) is 1. The number of nitrogen functional groups attached to an aromatic ring is 1. The van der Waals surface area contributed by atoms with Crippen LogP contribution in [-0.2, 0) is 11.3 Å². The molecule has 0 aliphatic carbocycles. The van der Waals surface area contributed by atoms with Crippen LogP contribution >= 0.6 is 11.6 Å². The summed E-state index contributed by atoms with van der Waals surface area (Å²) < 4.78 is 5.68. The summed E-state index contributed by atoms with van der Waals surface area (Å²) in [7, 11) is 0. The van der Waals surface area contributed by atoms with Crippen molar-refractivity contribution in [3.8, 4) is 0 Å². The third-order valence-corrected chi connectivity index (χ3v) is 3.29. The summed E-state index contributed by atoms with van der Waals surface area (Å²) in [5, 5.41) is 0.665. The lowest BCUT2D eigenvalue weighted by molar-refractivity contribution is -0.0885. The minimum Gasteiger partial charge on any atom is -0.373 e. The van der Waals surface area contributed by atoms with Crippen molar-refractivity contribution in [2.45, 2.75) is 26.0 Å². The molecule has 18 heavy (non-hydrogen) atoms. The van der Waals surface area contributed by atoms with E-state index in [0.717, 1.165) is 25.4 Å². The first kappa shape index (κ1) is 13.5. The molecule has 1 aromatic rings. The molecule has 0 radical (unpaired) electrons. The SMILES string of the molecule is CC1(C)CN(Cc2nc(NN)ccc2Cl)CCO1. The average molecular weight is 271 g/mol. The van der Waals surface area contributed by atoms with E-state index in [1.807, 2.05) is 6.07 Å². The number of aromatic nitrogens is 1. The van der Waals surface area contributed by atoms with E-state index in [9.17, 15) is 0 Å². The highest BCUT2D eigenvalue weighted by Gasteiger charge is 2.27. The smallest absolute Gasteiger partial charge is 0.140 e. The molecule has 2 rings (SSSR count). The van der Waals surface area contributed by atoms with Crippen LogP contribution in [0, 0.1) is 0 Å². The molecule has 1 aliphatic rings. The third-order valence-electron chi connectivity index (χ3n) is 2.94. The Morgan fingerprint density at radius 3 is 3.00 bits per heavy atom. The predicted molar refractivity (Wildman–Crippen MR) is 72.4 cm³/mol. The number of morpholine rings is 1. The van der Waals surface area contributed by atoms with Crippen molar-refractivity contribution in [1.29, 1.82) is 0 Å². The quantitative estimate of drug-likeness (QED) is 0.646. The Morgan fingerprint density at radius 2 is 2.33 bits per heavy atom. The van der Waals surface area contributed by atoms with Gasteiger partial charge >= 0.3 is 0 Å². The summed E-state index contributed by atoms with van der Waals surface area (Å²) in [5.41, 5.74) is 3.26. The molecule has 0 atom stereocenters. The molecule has 1 saturated heterocycles. The van der Waals surface area contributed by atoms with Crippen molar-refractivity contribution < 1.29 is 4.74 Å². The highest BCUT2D eigenvalue weighted by atomic mass is 35.5. The average Bonchev–Trinajstić information content (AvgIpc) is 2.31. The molecule has 3 N–H and O–H groups in total. The second-order valence-electron chi connectivity index (χ2n) is 5.09. The van der Waals surface area contributed by atoms with Crippen LogP contribution in [0.4, 0.5) is 5.82 Å². The molecule has 0 amide bonds. The molecule has 1 aliphatic heterocycles. The standard InChI is InChI=1S/C12H19ClN4O/c1-12(2)8-17(5-6-18-12)7-10-9(13)3-4-11(15-10)16-14/h3-4H,5-8,14H2,1-2H3,(H,15,16). The Morgan fingerprint density at radius 1 is 1.56 bits per heavy atom. The fourth-order valence-corrected chi connectivity index (χ4v) is 2.30. The summed E-state index contributed by atoms with van der Waals surface area (Å²) in [6.45, 7) is 7.38. The van der Waals surface area contributed by atoms with E-state index in [0.29, 0.717) is 17.4 Å². The first-order valence-electron chi connectivity index (χ1n) is 5.98. The number of ether oxygens (including phenoxy) is 1. The third kappa shape index (κ3) is 3.32. The van der Waals surface area contributed by atoms with E-state index in [-0.39, 0.29) is 5.60 Å². The number of pyridine rings is 1. The normalized spacial score (nSPS) is 19.8. The Hall–Kier alpha value is -0.880. The number of nitrogens with zero attached hydrogens (tertiary/aromatic N) is 2. The second-order valence-corrected chi connectivity index (χ2v) is 5.50. The van der Waals surface area contributed by atoms with E-state index >= 15 is 0 Å². The Balaban J connectivity index is 2.09. The van der Waals surface area contributed by atoms with E-state index in [2.05, 4.69) is 29.2 Å². The van der Waals surface area contributed by atoms with Crippen LogP contribution in [0.3, 0.4) is 0 Å². The topological polar surface area (TPSA) is 63.4 Å². The van der Waals surface area contributed by atoms with Gasteiger partial charge in [-0.15, -0.1) is 0 Å². The van der Waals surface area contributed by atoms with Crippen molar-refractivity contribution in [2.24, 2.45) is 5.84 Å². The zero-order chi connectivity index (χ0) is 13.2. The van der Waals surface area contributed by atoms with E-state index in [1.165, 1.54) is 0 Å². The van der Waals surface area contributed by atoms with Crippen molar-refractivity contribution in [2.75, 3.05) is 25.1 Å². The van der Waals surface area contributed by atoms with Gasteiger partial charge in [0.1, 0.15) is 5.82 Å². The second kappa shape index (κ2) is 5.40. The zero-order valence-corrected chi connectivity index (χ0v) is 11.5. The molecule has 0 bridgehead atoms. The summed E-state index contributed by atoms with van der Waals surface area (Å²) in [6.07, 6.45) is 0. The van der Waals surface area contributed by atoms with Crippen LogP contribution < -0.4 is 11.3 Å². The number of halogens is 1. The zero-order valence-electron chi connectivity index (χ0n) is 10.7. The number of hydrogen-bond donors (Lipinski definition) is 2.